The highest BCUT2D eigenvalue weighted by Gasteiger charge is 2.52. The van der Waals surface area contributed by atoms with Crippen LogP contribution in [0.25, 0.3) is 16.2 Å². The molecule has 0 fully saturated rings. The first kappa shape index (κ1) is 16.2. The third kappa shape index (κ3) is 1.92. The van der Waals surface area contributed by atoms with Crippen LogP contribution in [0.2, 0.25) is 0 Å². The smallest absolute Gasteiger partial charge is 0.135 e. The van der Waals surface area contributed by atoms with Crippen molar-refractivity contribution < 1.29 is 0 Å². The summed E-state index contributed by atoms with van der Waals surface area (Å²) in [5.41, 5.74) is 6.86. The molecule has 3 heteroatoms. The summed E-state index contributed by atoms with van der Waals surface area (Å²) in [5, 5.41) is 1.38. The van der Waals surface area contributed by atoms with Crippen molar-refractivity contribution in [1.29, 1.82) is 0 Å². The molecule has 0 radical (unpaired) electrons. The molecule has 2 aliphatic rings. The van der Waals surface area contributed by atoms with Crippen LogP contribution in [0.3, 0.4) is 0 Å². The van der Waals surface area contributed by atoms with E-state index < -0.39 is 0 Å². The van der Waals surface area contributed by atoms with Crippen molar-refractivity contribution in [2.45, 2.75) is 18.4 Å². The van der Waals surface area contributed by atoms with Crippen LogP contribution in [0.1, 0.15) is 29.0 Å². The van der Waals surface area contributed by atoms with Crippen LogP contribution in [0.15, 0.2) is 84.3 Å². The Kier molecular flexibility index (Phi) is 3.25. The van der Waals surface area contributed by atoms with Gasteiger partial charge >= 0.3 is 0 Å². The van der Waals surface area contributed by atoms with Gasteiger partial charge in [-0.1, -0.05) is 73.1 Å². The van der Waals surface area contributed by atoms with E-state index >= 15 is 0 Å². The molecule has 134 valence electrons. The monoisotopic (exact) mass is 377 g/mol. The number of hydrogen-bond donors (Lipinski definition) is 0. The molecule has 28 heavy (non-hydrogen) atoms. The molecule has 1 aliphatic carbocycles. The first-order valence-corrected chi connectivity index (χ1v) is 10.7. The van der Waals surface area contributed by atoms with Crippen molar-refractivity contribution in [3.63, 3.8) is 0 Å². The van der Waals surface area contributed by atoms with Gasteiger partial charge in [0.15, 0.2) is 0 Å². The fourth-order valence-corrected chi connectivity index (χ4v) is 6.56. The van der Waals surface area contributed by atoms with Crippen LogP contribution in [0.4, 0.5) is 11.4 Å². The molecule has 2 unspecified atom stereocenters. The van der Waals surface area contributed by atoms with Gasteiger partial charge in [-0.15, -0.1) is 11.3 Å². The van der Waals surface area contributed by atoms with Crippen molar-refractivity contribution in [2.24, 2.45) is 0 Å². The number of thiophene rings is 1. The summed E-state index contributed by atoms with van der Waals surface area (Å²) in [6.07, 6.45) is 2.44. The molecule has 1 aromatic heterocycles. The second kappa shape index (κ2) is 5.62. The van der Waals surface area contributed by atoms with E-state index in [9.17, 15) is 0 Å². The largest absolute Gasteiger partial charge is 0.332 e. The molecule has 0 spiro atoms. The third-order valence-electron chi connectivity index (χ3n) is 6.65. The minimum atomic E-state index is -0.0275. The highest BCUT2D eigenvalue weighted by Crippen LogP contribution is 2.62. The predicted octanol–water partition coefficient (Wildman–Crippen LogP) is 6.04. The van der Waals surface area contributed by atoms with Crippen molar-refractivity contribution >= 4 is 46.7 Å². The van der Waals surface area contributed by atoms with Gasteiger partial charge in [0.25, 0.3) is 0 Å². The molecule has 1 aliphatic heterocycles. The first-order valence-electron chi connectivity index (χ1n) is 9.83. The molecule has 0 saturated carbocycles. The number of hydrogen-bond acceptors (Lipinski definition) is 2. The normalized spacial score (nSPS) is 22.5. The summed E-state index contributed by atoms with van der Waals surface area (Å²) >= 11 is 1.96. The Morgan fingerprint density at radius 2 is 1.61 bits per heavy atom. The van der Waals surface area contributed by atoms with Gasteiger partial charge in [0.05, 0.1) is 6.04 Å². The standard InChI is InChI=1S/C25H20BNS/c1-25-19-12-6-7-13-20(19)27(16-9-3-2-4-10-16)24(25)23-18(15-22(25)26)17-11-5-8-14-21(17)28-23/h2-15,24H,26H2,1H3. The summed E-state index contributed by atoms with van der Waals surface area (Å²) in [7, 11) is 2.31. The highest BCUT2D eigenvalue weighted by atomic mass is 32.1. The van der Waals surface area contributed by atoms with Gasteiger partial charge < -0.3 is 4.90 Å². The van der Waals surface area contributed by atoms with E-state index in [1.165, 1.54) is 42.9 Å². The maximum Gasteiger partial charge on any atom is 0.135 e. The van der Waals surface area contributed by atoms with Crippen molar-refractivity contribution in [2.75, 3.05) is 4.90 Å². The number of benzene rings is 3. The van der Waals surface area contributed by atoms with E-state index in [4.69, 9.17) is 0 Å². The van der Waals surface area contributed by atoms with Crippen LogP contribution in [-0.2, 0) is 5.41 Å². The lowest BCUT2D eigenvalue weighted by Gasteiger charge is -2.40. The molecule has 2 heterocycles. The van der Waals surface area contributed by atoms with Crippen LogP contribution in [-0.4, -0.2) is 7.85 Å². The van der Waals surface area contributed by atoms with Crippen molar-refractivity contribution in [3.05, 3.63) is 100 Å². The summed E-state index contributed by atoms with van der Waals surface area (Å²) in [6.45, 7) is 2.43. The summed E-state index contributed by atoms with van der Waals surface area (Å²) in [4.78, 5) is 4.05. The molecule has 0 N–H and O–H groups in total. The minimum Gasteiger partial charge on any atom is -0.332 e. The van der Waals surface area contributed by atoms with Crippen molar-refractivity contribution in [3.8, 4) is 0 Å². The topological polar surface area (TPSA) is 3.24 Å². The second-order valence-electron chi connectivity index (χ2n) is 8.03. The molecule has 0 amide bonds. The maximum atomic E-state index is 2.57. The number of anilines is 2. The Labute approximate surface area is 170 Å². The Balaban J connectivity index is 1.71. The number of nitrogens with zero attached hydrogens (tertiary/aromatic N) is 1. The lowest BCUT2D eigenvalue weighted by Crippen LogP contribution is -2.37. The molecular weight excluding hydrogens is 357 g/mol. The Morgan fingerprint density at radius 1 is 0.893 bits per heavy atom. The second-order valence-corrected chi connectivity index (χ2v) is 9.11. The fourth-order valence-electron chi connectivity index (χ4n) is 5.15. The molecule has 0 saturated heterocycles. The molecule has 1 nitrogen and oxygen atoms in total. The molecule has 0 bridgehead atoms. The van der Waals surface area contributed by atoms with E-state index in [-0.39, 0.29) is 11.5 Å². The Bertz CT molecular complexity index is 1260. The fraction of sp³-hybridized carbons (Fsp3) is 0.120. The number of rotatable bonds is 1. The maximum absolute atomic E-state index is 2.57. The van der Waals surface area contributed by atoms with Gasteiger partial charge in [-0.05, 0) is 35.4 Å². The van der Waals surface area contributed by atoms with Gasteiger partial charge in [-0.2, -0.15) is 0 Å². The number of para-hydroxylation sites is 2. The summed E-state index contributed by atoms with van der Waals surface area (Å²) in [5.74, 6) is 0. The zero-order valence-electron chi connectivity index (χ0n) is 16.0. The quantitative estimate of drug-likeness (QED) is 0.366. The van der Waals surface area contributed by atoms with E-state index in [0.717, 1.165) is 0 Å². The van der Waals surface area contributed by atoms with E-state index in [1.54, 1.807) is 0 Å². The zero-order chi connectivity index (χ0) is 18.9. The Morgan fingerprint density at radius 3 is 2.46 bits per heavy atom. The van der Waals surface area contributed by atoms with E-state index in [1.807, 2.05) is 11.3 Å². The molecular formula is C25H20BNS. The third-order valence-corrected chi connectivity index (χ3v) is 7.89. The van der Waals surface area contributed by atoms with Crippen LogP contribution >= 0.6 is 11.3 Å². The van der Waals surface area contributed by atoms with Gasteiger partial charge in [-0.25, -0.2) is 0 Å². The van der Waals surface area contributed by atoms with Gasteiger partial charge in [0.2, 0.25) is 0 Å². The van der Waals surface area contributed by atoms with Crippen molar-refractivity contribution in [1.82, 2.24) is 0 Å². The van der Waals surface area contributed by atoms with Gasteiger partial charge in [0.1, 0.15) is 7.85 Å². The Hall–Kier alpha value is -2.78. The lowest BCUT2D eigenvalue weighted by molar-refractivity contribution is 0.496. The first-order chi connectivity index (χ1) is 13.7. The highest BCUT2D eigenvalue weighted by molar-refractivity contribution is 7.19. The predicted molar refractivity (Wildman–Crippen MR) is 123 cm³/mol. The summed E-state index contributed by atoms with van der Waals surface area (Å²) < 4.78 is 1.38. The average Bonchev–Trinajstić information content (AvgIpc) is 3.23. The minimum absolute atomic E-state index is 0.0275. The molecule has 2 atom stereocenters. The van der Waals surface area contributed by atoms with Crippen LogP contribution < -0.4 is 4.90 Å². The SMILES string of the molecule is BC1=Cc2c(sc3ccccc23)C2N(c3ccccc3)c3ccccc3C12C. The molecule has 6 rings (SSSR count). The van der Waals surface area contributed by atoms with Crippen LogP contribution in [0.5, 0.6) is 0 Å². The van der Waals surface area contributed by atoms with Gasteiger partial charge in [-0.3, -0.25) is 0 Å². The van der Waals surface area contributed by atoms with Crippen LogP contribution in [0, 0.1) is 0 Å². The average molecular weight is 377 g/mol. The molecule has 3 aromatic carbocycles. The lowest BCUT2D eigenvalue weighted by atomic mass is 9.61. The number of fused-ring (bicyclic) bond motifs is 7. The zero-order valence-corrected chi connectivity index (χ0v) is 16.8. The van der Waals surface area contributed by atoms with E-state index in [2.05, 4.69) is 105 Å². The van der Waals surface area contributed by atoms with E-state index in [0.29, 0.717) is 0 Å². The molecule has 4 aromatic rings. The summed E-state index contributed by atoms with van der Waals surface area (Å²) in [6, 6.07) is 28.9. The van der Waals surface area contributed by atoms with Gasteiger partial charge in [0, 0.05) is 31.8 Å².